The maximum absolute atomic E-state index is 5.80. The molecule has 3 heteroatoms. The Kier molecular flexibility index (Phi) is 2.77. The molecule has 2 heterocycles. The minimum Gasteiger partial charge on any atom is -0.468 e. The number of furan rings is 2. The predicted molar refractivity (Wildman–Crippen MR) is 64.5 cm³/mol. The van der Waals surface area contributed by atoms with E-state index in [0.717, 1.165) is 36.3 Å². The Morgan fingerprint density at radius 3 is 2.76 bits per heavy atom. The van der Waals surface area contributed by atoms with Gasteiger partial charge in [0.25, 0.3) is 0 Å². The molecule has 2 aromatic rings. The molecule has 90 valence electrons. The Labute approximate surface area is 101 Å². The highest BCUT2D eigenvalue weighted by Gasteiger charge is 2.36. The second kappa shape index (κ2) is 4.41. The molecular weight excluding hydrogens is 214 g/mol. The molecular formula is C14H17NO2. The van der Waals surface area contributed by atoms with E-state index in [-0.39, 0.29) is 0 Å². The Balaban J connectivity index is 1.50. The molecule has 0 aliphatic heterocycles. The van der Waals surface area contributed by atoms with Crippen molar-refractivity contribution in [2.24, 2.45) is 5.92 Å². The summed E-state index contributed by atoms with van der Waals surface area (Å²) in [7, 11) is 0. The number of rotatable bonds is 5. The van der Waals surface area contributed by atoms with Crippen LogP contribution in [0.3, 0.4) is 0 Å². The van der Waals surface area contributed by atoms with E-state index in [1.165, 1.54) is 6.42 Å². The fourth-order valence-electron chi connectivity index (χ4n) is 2.13. The van der Waals surface area contributed by atoms with Crippen LogP contribution in [-0.2, 0) is 13.1 Å². The van der Waals surface area contributed by atoms with Gasteiger partial charge in [-0.25, -0.2) is 0 Å². The van der Waals surface area contributed by atoms with E-state index in [0.29, 0.717) is 5.92 Å². The van der Waals surface area contributed by atoms with Crippen molar-refractivity contribution in [3.8, 4) is 0 Å². The maximum Gasteiger partial charge on any atom is 0.117 e. The van der Waals surface area contributed by atoms with Gasteiger partial charge >= 0.3 is 0 Å². The quantitative estimate of drug-likeness (QED) is 0.858. The second-order valence-electron chi connectivity index (χ2n) is 4.81. The van der Waals surface area contributed by atoms with Crippen LogP contribution in [0.15, 0.2) is 39.4 Å². The van der Waals surface area contributed by atoms with Gasteiger partial charge in [-0.2, -0.15) is 0 Å². The van der Waals surface area contributed by atoms with Gasteiger partial charge in [0, 0.05) is 5.92 Å². The van der Waals surface area contributed by atoms with Gasteiger partial charge in [0.05, 0.1) is 19.4 Å². The monoisotopic (exact) mass is 231 g/mol. The van der Waals surface area contributed by atoms with E-state index in [9.17, 15) is 0 Å². The number of hydrogen-bond acceptors (Lipinski definition) is 3. The third-order valence-electron chi connectivity index (χ3n) is 3.34. The van der Waals surface area contributed by atoms with Crippen LogP contribution >= 0.6 is 0 Å². The summed E-state index contributed by atoms with van der Waals surface area (Å²) in [5.74, 6) is 4.56. The first-order valence-corrected chi connectivity index (χ1v) is 6.14. The van der Waals surface area contributed by atoms with E-state index in [1.807, 2.05) is 12.1 Å². The van der Waals surface area contributed by atoms with Gasteiger partial charge in [-0.05, 0) is 36.6 Å². The Bertz CT molecular complexity index is 472. The highest BCUT2D eigenvalue weighted by molar-refractivity contribution is 5.17. The van der Waals surface area contributed by atoms with Crippen LogP contribution in [-0.4, -0.2) is 0 Å². The average molecular weight is 231 g/mol. The molecule has 0 amide bonds. The molecule has 2 aromatic heterocycles. The van der Waals surface area contributed by atoms with Crippen molar-refractivity contribution in [1.29, 1.82) is 0 Å². The van der Waals surface area contributed by atoms with Crippen molar-refractivity contribution in [3.05, 3.63) is 47.8 Å². The van der Waals surface area contributed by atoms with Crippen LogP contribution in [0.4, 0.5) is 0 Å². The molecule has 0 aromatic carbocycles. The highest BCUT2D eigenvalue weighted by Crippen LogP contribution is 2.47. The van der Waals surface area contributed by atoms with Crippen LogP contribution in [0.5, 0.6) is 0 Å². The standard InChI is InChI=1S/C14H17NO2/c1-10-7-13(10)14-5-4-12(17-14)9-15-8-11-3-2-6-16-11/h2-6,10,13,15H,7-9H2,1H3/t10-,13-/m0/s1. The first kappa shape index (κ1) is 10.7. The molecule has 1 aliphatic rings. The van der Waals surface area contributed by atoms with Gasteiger partial charge in [-0.1, -0.05) is 6.92 Å². The lowest BCUT2D eigenvalue weighted by atomic mass is 10.3. The molecule has 3 rings (SSSR count). The highest BCUT2D eigenvalue weighted by atomic mass is 16.3. The molecule has 1 aliphatic carbocycles. The second-order valence-corrected chi connectivity index (χ2v) is 4.81. The van der Waals surface area contributed by atoms with E-state index in [1.54, 1.807) is 6.26 Å². The normalized spacial score (nSPS) is 22.9. The van der Waals surface area contributed by atoms with Crippen molar-refractivity contribution < 1.29 is 8.83 Å². The van der Waals surface area contributed by atoms with Crippen molar-refractivity contribution in [3.63, 3.8) is 0 Å². The fourth-order valence-corrected chi connectivity index (χ4v) is 2.13. The van der Waals surface area contributed by atoms with E-state index in [2.05, 4.69) is 24.4 Å². The van der Waals surface area contributed by atoms with Crippen LogP contribution in [0, 0.1) is 5.92 Å². The minimum atomic E-state index is 0.661. The molecule has 0 spiro atoms. The number of nitrogens with one attached hydrogen (secondary N) is 1. The zero-order valence-electron chi connectivity index (χ0n) is 9.98. The topological polar surface area (TPSA) is 38.3 Å². The number of hydrogen-bond donors (Lipinski definition) is 1. The van der Waals surface area contributed by atoms with E-state index >= 15 is 0 Å². The third kappa shape index (κ3) is 2.44. The molecule has 1 saturated carbocycles. The Morgan fingerprint density at radius 2 is 2.06 bits per heavy atom. The zero-order chi connectivity index (χ0) is 11.7. The lowest BCUT2D eigenvalue weighted by molar-refractivity contribution is 0.429. The maximum atomic E-state index is 5.80. The van der Waals surface area contributed by atoms with Gasteiger partial charge in [-0.3, -0.25) is 0 Å². The first-order chi connectivity index (χ1) is 8.33. The summed E-state index contributed by atoms with van der Waals surface area (Å²) in [6.07, 6.45) is 2.96. The summed E-state index contributed by atoms with van der Waals surface area (Å²) >= 11 is 0. The van der Waals surface area contributed by atoms with Crippen LogP contribution in [0.2, 0.25) is 0 Å². The molecule has 0 unspecified atom stereocenters. The van der Waals surface area contributed by atoms with Gasteiger partial charge < -0.3 is 14.2 Å². The van der Waals surface area contributed by atoms with Gasteiger partial charge in [-0.15, -0.1) is 0 Å². The van der Waals surface area contributed by atoms with Crippen LogP contribution < -0.4 is 5.32 Å². The summed E-state index contributed by atoms with van der Waals surface area (Å²) in [6, 6.07) is 8.04. The molecule has 2 atom stereocenters. The largest absolute Gasteiger partial charge is 0.468 e. The Hall–Kier alpha value is -1.48. The molecule has 0 bridgehead atoms. The fraction of sp³-hybridized carbons (Fsp3) is 0.429. The van der Waals surface area contributed by atoms with Crippen LogP contribution in [0.25, 0.3) is 0 Å². The molecule has 17 heavy (non-hydrogen) atoms. The summed E-state index contributed by atoms with van der Waals surface area (Å²) in [5, 5.41) is 3.30. The summed E-state index contributed by atoms with van der Waals surface area (Å²) in [4.78, 5) is 0. The average Bonchev–Trinajstić information content (AvgIpc) is 2.76. The summed E-state index contributed by atoms with van der Waals surface area (Å²) in [5.41, 5.74) is 0. The molecule has 0 saturated heterocycles. The lowest BCUT2D eigenvalue weighted by Crippen LogP contribution is -2.11. The Morgan fingerprint density at radius 1 is 1.24 bits per heavy atom. The molecule has 1 N–H and O–H groups in total. The zero-order valence-corrected chi connectivity index (χ0v) is 9.98. The SMILES string of the molecule is C[C@H]1C[C@@H]1c1ccc(CNCc2ccco2)o1. The van der Waals surface area contributed by atoms with Gasteiger partial charge in [0.2, 0.25) is 0 Å². The summed E-state index contributed by atoms with van der Waals surface area (Å²) < 4.78 is 11.1. The van der Waals surface area contributed by atoms with Crippen LogP contribution in [0.1, 0.15) is 36.5 Å². The molecule has 1 fully saturated rings. The van der Waals surface area contributed by atoms with Crippen molar-refractivity contribution >= 4 is 0 Å². The molecule has 0 radical (unpaired) electrons. The van der Waals surface area contributed by atoms with Crippen molar-refractivity contribution in [1.82, 2.24) is 5.32 Å². The van der Waals surface area contributed by atoms with Crippen molar-refractivity contribution in [2.45, 2.75) is 32.4 Å². The lowest BCUT2D eigenvalue weighted by Gasteiger charge is -1.99. The minimum absolute atomic E-state index is 0.661. The van der Waals surface area contributed by atoms with Gasteiger partial charge in [0.1, 0.15) is 17.3 Å². The smallest absolute Gasteiger partial charge is 0.117 e. The summed E-state index contributed by atoms with van der Waals surface area (Å²) in [6.45, 7) is 3.76. The van der Waals surface area contributed by atoms with Gasteiger partial charge in [0.15, 0.2) is 0 Å². The predicted octanol–water partition coefficient (Wildman–Crippen LogP) is 3.29. The first-order valence-electron chi connectivity index (χ1n) is 6.14. The van der Waals surface area contributed by atoms with E-state index in [4.69, 9.17) is 8.83 Å². The van der Waals surface area contributed by atoms with E-state index < -0.39 is 0 Å². The molecule has 3 nitrogen and oxygen atoms in total. The van der Waals surface area contributed by atoms with Crippen molar-refractivity contribution in [2.75, 3.05) is 0 Å². The third-order valence-corrected chi connectivity index (χ3v) is 3.34.